The van der Waals surface area contributed by atoms with Crippen LogP contribution in [0.15, 0.2) is 28.8 Å². The lowest BCUT2D eigenvalue weighted by Gasteiger charge is -2.25. The second-order valence-corrected chi connectivity index (χ2v) is 9.11. The summed E-state index contributed by atoms with van der Waals surface area (Å²) >= 11 is 7.53. The van der Waals surface area contributed by atoms with Gasteiger partial charge < -0.3 is 4.90 Å². The number of halogens is 1. The van der Waals surface area contributed by atoms with Crippen LogP contribution in [0.5, 0.6) is 0 Å². The third-order valence-electron chi connectivity index (χ3n) is 5.22. The summed E-state index contributed by atoms with van der Waals surface area (Å²) < 4.78 is 3.61. The number of rotatable bonds is 15. The third-order valence-corrected chi connectivity index (χ3v) is 6.29. The van der Waals surface area contributed by atoms with Gasteiger partial charge in [0.1, 0.15) is 5.50 Å². The Labute approximate surface area is 188 Å². The van der Waals surface area contributed by atoms with Crippen molar-refractivity contribution in [3.05, 3.63) is 24.4 Å². The van der Waals surface area contributed by atoms with Gasteiger partial charge in [-0.2, -0.15) is 0 Å². The Morgan fingerprint density at radius 2 is 1.48 bits per heavy atom. The molecule has 1 atom stereocenters. The molecule has 0 amide bonds. The smallest absolute Gasteiger partial charge is 0.186 e. The van der Waals surface area contributed by atoms with Crippen molar-refractivity contribution in [3.63, 3.8) is 0 Å². The summed E-state index contributed by atoms with van der Waals surface area (Å²) in [6, 6.07) is 0. The average Bonchev–Trinajstić information content (AvgIpc) is 3.21. The average molecular weight is 441 g/mol. The number of hydrogen-bond donors (Lipinski definition) is 0. The Morgan fingerprint density at radius 3 is 1.90 bits per heavy atom. The normalized spacial score (nSPS) is 17.7. The van der Waals surface area contributed by atoms with Crippen LogP contribution in [0.3, 0.4) is 0 Å². The second-order valence-electron chi connectivity index (χ2n) is 7.91. The van der Waals surface area contributed by atoms with Crippen LogP contribution < -0.4 is 0 Å². The van der Waals surface area contributed by atoms with E-state index in [0.717, 1.165) is 6.54 Å². The van der Waals surface area contributed by atoms with E-state index >= 15 is 0 Å². The lowest BCUT2D eigenvalue weighted by Crippen LogP contribution is -2.26. The molecule has 3 nitrogen and oxygen atoms in total. The molecule has 2 aliphatic rings. The van der Waals surface area contributed by atoms with Crippen LogP contribution in [0.4, 0.5) is 0 Å². The molecule has 2 aliphatic heterocycles. The van der Waals surface area contributed by atoms with Crippen molar-refractivity contribution in [3.8, 4) is 0 Å². The van der Waals surface area contributed by atoms with Crippen LogP contribution in [-0.4, -0.2) is 34.7 Å². The largest absolute Gasteiger partial charge is 0.358 e. The summed E-state index contributed by atoms with van der Waals surface area (Å²) in [4.78, 5) is 12.3. The van der Waals surface area contributed by atoms with E-state index in [9.17, 15) is 4.79 Å². The molecule has 0 aromatic heterocycles. The molecule has 29 heavy (non-hydrogen) atoms. The number of nitrogens with zero attached hydrogens (tertiary/aromatic N) is 2. The molecule has 0 aliphatic carbocycles. The van der Waals surface area contributed by atoms with E-state index in [2.05, 4.69) is 28.5 Å². The molecule has 0 radical (unpaired) electrons. The Kier molecular flexibility index (Phi) is 17.4. The zero-order valence-corrected chi connectivity index (χ0v) is 19.9. The summed E-state index contributed by atoms with van der Waals surface area (Å²) in [6.45, 7) is 3.38. The molecular weight excluding hydrogens is 400 g/mol. The predicted molar refractivity (Wildman–Crippen MR) is 131 cm³/mol. The fourth-order valence-corrected chi connectivity index (χ4v) is 4.14. The highest BCUT2D eigenvalue weighted by atomic mass is 35.5. The lowest BCUT2D eigenvalue weighted by atomic mass is 10.0. The van der Waals surface area contributed by atoms with Crippen molar-refractivity contribution in [2.45, 2.75) is 102 Å². The minimum Gasteiger partial charge on any atom is -0.358 e. The summed E-state index contributed by atoms with van der Waals surface area (Å²) in [5.41, 5.74) is 0.0574. The zero-order chi connectivity index (χ0) is 21.0. The second kappa shape index (κ2) is 19.2. The van der Waals surface area contributed by atoms with E-state index in [-0.39, 0.29) is 11.3 Å². The molecular formula is C24H41ClN2OS. The highest BCUT2D eigenvalue weighted by molar-refractivity contribution is 7.99. The highest BCUT2D eigenvalue weighted by Crippen LogP contribution is 2.15. The van der Waals surface area contributed by atoms with Crippen molar-refractivity contribution < 1.29 is 4.79 Å². The number of ketones is 1. The van der Waals surface area contributed by atoms with Gasteiger partial charge in [0.25, 0.3) is 0 Å². The predicted octanol–water partition coefficient (Wildman–Crippen LogP) is 7.71. The fourth-order valence-electron chi connectivity index (χ4n) is 3.43. The number of carbonyl (C=O) groups excluding carboxylic acids is 1. The molecule has 0 saturated heterocycles. The number of carbonyl (C=O) groups is 1. The van der Waals surface area contributed by atoms with E-state index in [4.69, 9.17) is 11.6 Å². The molecule has 0 saturated carbocycles. The molecule has 0 fully saturated rings. The molecule has 2 heterocycles. The van der Waals surface area contributed by atoms with Gasteiger partial charge in [-0.3, -0.25) is 4.79 Å². The van der Waals surface area contributed by atoms with Crippen LogP contribution in [0.2, 0.25) is 0 Å². The molecule has 0 aromatic rings. The molecule has 2 rings (SSSR count). The zero-order valence-electron chi connectivity index (χ0n) is 18.4. The maximum Gasteiger partial charge on any atom is 0.186 e. The number of alkyl halides is 1. The van der Waals surface area contributed by atoms with Crippen LogP contribution in [0.25, 0.3) is 0 Å². The third kappa shape index (κ3) is 15.7. The summed E-state index contributed by atoms with van der Waals surface area (Å²) in [6.07, 6.45) is 29.4. The van der Waals surface area contributed by atoms with Crippen LogP contribution >= 0.6 is 23.5 Å². The molecule has 0 spiro atoms. The van der Waals surface area contributed by atoms with Gasteiger partial charge >= 0.3 is 0 Å². The minimum absolute atomic E-state index is 0.0574. The van der Waals surface area contributed by atoms with Gasteiger partial charge in [0.15, 0.2) is 5.78 Å². The van der Waals surface area contributed by atoms with E-state index in [1.54, 1.807) is 0 Å². The lowest BCUT2D eigenvalue weighted by molar-refractivity contribution is -0.110. The van der Waals surface area contributed by atoms with Gasteiger partial charge in [-0.15, -0.1) is 0 Å². The number of Topliss-reactive ketones (excluding diaryl/α,β-unsaturated/α-hetero) is 1. The van der Waals surface area contributed by atoms with Crippen molar-refractivity contribution in [2.75, 3.05) is 12.3 Å². The van der Waals surface area contributed by atoms with E-state index in [1.807, 2.05) is 12.2 Å². The maximum absolute atomic E-state index is 10.1. The van der Waals surface area contributed by atoms with E-state index in [0.29, 0.717) is 5.75 Å². The molecule has 0 N–H and O–H groups in total. The number of hydrogen-bond acceptors (Lipinski definition) is 4. The Bertz CT molecular complexity index is 493. The van der Waals surface area contributed by atoms with Crippen LogP contribution in [0.1, 0.15) is 96.8 Å². The number of unbranched alkanes of at least 4 members (excludes halogenated alkanes) is 13. The maximum atomic E-state index is 10.1. The van der Waals surface area contributed by atoms with Gasteiger partial charge in [-0.1, -0.05) is 108 Å². The summed E-state index contributed by atoms with van der Waals surface area (Å²) in [5, 5.41) is 0. The van der Waals surface area contributed by atoms with Crippen molar-refractivity contribution in [1.29, 1.82) is 0 Å². The molecule has 0 aromatic carbocycles. The van der Waals surface area contributed by atoms with Gasteiger partial charge in [0.2, 0.25) is 0 Å². The minimum atomic E-state index is 0.0574. The van der Waals surface area contributed by atoms with Crippen LogP contribution in [0, 0.1) is 0 Å². The van der Waals surface area contributed by atoms with Crippen LogP contribution in [-0.2, 0) is 4.79 Å². The van der Waals surface area contributed by atoms with Gasteiger partial charge in [-0.05, 0) is 30.5 Å². The van der Waals surface area contributed by atoms with Gasteiger partial charge in [0, 0.05) is 12.7 Å². The Morgan fingerprint density at radius 1 is 0.931 bits per heavy atom. The molecule has 1 unspecified atom stereocenters. The first-order valence-electron chi connectivity index (χ1n) is 11.7. The molecule has 166 valence electrons. The molecule has 0 bridgehead atoms. The SMILES string of the molecule is CCCCCCCCCCCCCCCCN1C=CC=CC1Cl.O=C1C=NSC1. The highest BCUT2D eigenvalue weighted by Gasteiger charge is 2.09. The Hall–Kier alpha value is -0.740. The van der Waals surface area contributed by atoms with Crippen molar-refractivity contribution >= 4 is 35.5 Å². The summed E-state index contributed by atoms with van der Waals surface area (Å²) in [7, 11) is 0. The monoisotopic (exact) mass is 440 g/mol. The topological polar surface area (TPSA) is 32.7 Å². The van der Waals surface area contributed by atoms with Crippen molar-refractivity contribution in [2.24, 2.45) is 4.40 Å². The molecule has 5 heteroatoms. The fraction of sp³-hybridized carbons (Fsp3) is 0.750. The first-order chi connectivity index (χ1) is 14.2. The van der Waals surface area contributed by atoms with Crippen molar-refractivity contribution in [1.82, 2.24) is 4.90 Å². The standard InChI is InChI=1S/C21H38ClN.C3H3NOS/c1-2-3-4-5-6-7-8-9-10-11-12-13-14-16-19-23-20-17-15-18-21(23)22;5-3-1-4-6-2-3/h15,17-18,20-21H,2-14,16,19H2,1H3;1H,2H2. The van der Waals surface area contributed by atoms with Gasteiger partial charge in [-0.25, -0.2) is 4.40 Å². The number of allylic oxidation sites excluding steroid dienone is 2. The first-order valence-corrected chi connectivity index (χ1v) is 13.0. The Balaban J connectivity index is 0.000000594. The summed E-state index contributed by atoms with van der Waals surface area (Å²) in [5.74, 6) is 0.667. The van der Waals surface area contributed by atoms with E-state index < -0.39 is 0 Å². The quantitative estimate of drug-likeness (QED) is 0.113. The van der Waals surface area contributed by atoms with E-state index in [1.165, 1.54) is 108 Å². The first kappa shape index (κ1) is 26.3. The van der Waals surface area contributed by atoms with Gasteiger partial charge in [0.05, 0.1) is 12.0 Å².